The van der Waals surface area contributed by atoms with Crippen LogP contribution in [0.25, 0.3) is 10.8 Å². The van der Waals surface area contributed by atoms with Gasteiger partial charge in [-0.3, -0.25) is 14.5 Å². The number of hydrogen-bond acceptors (Lipinski definition) is 4. The molecule has 3 aromatic carbocycles. The Morgan fingerprint density at radius 1 is 1.03 bits per heavy atom. The number of benzene rings is 3. The number of piperidine rings is 1. The number of aromatic hydroxyl groups is 1. The molecule has 0 aliphatic carbocycles. The van der Waals surface area contributed by atoms with Gasteiger partial charge in [-0.2, -0.15) is 0 Å². The monoisotopic (exact) mass is 521 g/mol. The standard InChI is InChI=1S/C29H29ClFN3O3/c30-23-4-6-26(27(35)16-23)29(37)34-11-7-19(8-12-34)14-28(36)32-25-9-10-33(18-25)17-20-1-2-22-15-24(31)5-3-21(22)13-20/h1-6,13-16,25,35H,7-12,17-18H2,(H,32,36). The number of carbonyl (C=O) groups is 2. The van der Waals surface area contributed by atoms with Crippen molar-refractivity contribution in [3.8, 4) is 5.75 Å². The fourth-order valence-electron chi connectivity index (χ4n) is 5.14. The molecule has 1 atom stereocenters. The van der Waals surface area contributed by atoms with Gasteiger partial charge in [-0.1, -0.05) is 35.4 Å². The lowest BCUT2D eigenvalue weighted by Crippen LogP contribution is -2.38. The van der Waals surface area contributed by atoms with Crippen LogP contribution in [0.3, 0.4) is 0 Å². The maximum atomic E-state index is 13.4. The van der Waals surface area contributed by atoms with Gasteiger partial charge in [0.15, 0.2) is 0 Å². The molecular formula is C29H29ClFN3O3. The first kappa shape index (κ1) is 25.2. The summed E-state index contributed by atoms with van der Waals surface area (Å²) in [5.41, 5.74) is 2.42. The maximum Gasteiger partial charge on any atom is 0.257 e. The summed E-state index contributed by atoms with van der Waals surface area (Å²) in [6.07, 6.45) is 3.81. The Bertz CT molecular complexity index is 1370. The van der Waals surface area contributed by atoms with Crippen LogP contribution in [0.1, 0.15) is 35.2 Å². The Hall–Kier alpha value is -3.42. The number of nitrogens with zero attached hydrogens (tertiary/aromatic N) is 2. The molecule has 2 fully saturated rings. The molecule has 6 nitrogen and oxygen atoms in total. The molecule has 0 aromatic heterocycles. The number of halogens is 2. The Kier molecular flexibility index (Phi) is 7.44. The van der Waals surface area contributed by atoms with Crippen molar-refractivity contribution in [1.29, 1.82) is 0 Å². The van der Waals surface area contributed by atoms with E-state index in [1.54, 1.807) is 29.2 Å². The molecule has 5 rings (SSSR count). The molecular weight excluding hydrogens is 493 g/mol. The zero-order chi connectivity index (χ0) is 25.9. The van der Waals surface area contributed by atoms with E-state index < -0.39 is 0 Å². The van der Waals surface area contributed by atoms with E-state index >= 15 is 0 Å². The highest BCUT2D eigenvalue weighted by molar-refractivity contribution is 6.30. The molecule has 2 saturated heterocycles. The van der Waals surface area contributed by atoms with E-state index in [0.29, 0.717) is 31.0 Å². The van der Waals surface area contributed by atoms with Crippen molar-refractivity contribution in [2.75, 3.05) is 26.2 Å². The highest BCUT2D eigenvalue weighted by Gasteiger charge is 2.25. The molecule has 8 heteroatoms. The van der Waals surface area contributed by atoms with Crippen LogP contribution in [-0.4, -0.2) is 58.9 Å². The highest BCUT2D eigenvalue weighted by atomic mass is 35.5. The number of carbonyl (C=O) groups excluding carboxylic acids is 2. The van der Waals surface area contributed by atoms with E-state index in [4.69, 9.17) is 11.6 Å². The van der Waals surface area contributed by atoms with Crippen LogP contribution in [0, 0.1) is 5.82 Å². The van der Waals surface area contributed by atoms with E-state index in [1.165, 1.54) is 23.8 Å². The van der Waals surface area contributed by atoms with E-state index in [-0.39, 0.29) is 35.0 Å². The SMILES string of the molecule is O=C(C=C1CCN(C(=O)c2ccc(Cl)cc2O)CC1)NC1CCN(Cc2ccc3cc(F)ccc3c2)C1. The summed E-state index contributed by atoms with van der Waals surface area (Å²) < 4.78 is 13.4. The number of amides is 2. The number of fused-ring (bicyclic) bond motifs is 1. The van der Waals surface area contributed by atoms with Gasteiger partial charge >= 0.3 is 0 Å². The number of phenols is 1. The van der Waals surface area contributed by atoms with Crippen LogP contribution in [0.2, 0.25) is 5.02 Å². The van der Waals surface area contributed by atoms with Gasteiger partial charge < -0.3 is 15.3 Å². The molecule has 2 amide bonds. The number of rotatable bonds is 5. The average Bonchev–Trinajstić information content (AvgIpc) is 3.30. The molecule has 1 unspecified atom stereocenters. The smallest absolute Gasteiger partial charge is 0.257 e. The van der Waals surface area contributed by atoms with Gasteiger partial charge in [0.05, 0.1) is 5.56 Å². The summed E-state index contributed by atoms with van der Waals surface area (Å²) in [4.78, 5) is 29.4. The molecule has 2 aliphatic heterocycles. The van der Waals surface area contributed by atoms with Crippen molar-refractivity contribution in [3.63, 3.8) is 0 Å². The minimum atomic E-state index is -0.234. The van der Waals surface area contributed by atoms with Crippen LogP contribution in [0.15, 0.2) is 66.2 Å². The van der Waals surface area contributed by atoms with Crippen LogP contribution < -0.4 is 5.32 Å². The predicted octanol–water partition coefficient (Wildman–Crippen LogP) is 4.89. The van der Waals surface area contributed by atoms with E-state index in [0.717, 1.165) is 42.4 Å². The van der Waals surface area contributed by atoms with Gasteiger partial charge in [0.2, 0.25) is 5.91 Å². The summed E-state index contributed by atoms with van der Waals surface area (Å²) in [7, 11) is 0. The third kappa shape index (κ3) is 6.12. The van der Waals surface area contributed by atoms with Crippen LogP contribution in [0.5, 0.6) is 5.75 Å². The zero-order valence-corrected chi connectivity index (χ0v) is 21.2. The Labute approximate surface area is 220 Å². The van der Waals surface area contributed by atoms with E-state index in [9.17, 15) is 19.1 Å². The average molecular weight is 522 g/mol. The fraction of sp³-hybridized carbons (Fsp3) is 0.310. The fourth-order valence-corrected chi connectivity index (χ4v) is 5.31. The molecule has 37 heavy (non-hydrogen) atoms. The van der Waals surface area contributed by atoms with Crippen LogP contribution in [0.4, 0.5) is 4.39 Å². The summed E-state index contributed by atoms with van der Waals surface area (Å²) in [6.45, 7) is 3.46. The van der Waals surface area contributed by atoms with Gasteiger partial charge in [0, 0.05) is 49.9 Å². The molecule has 3 aromatic rings. The quantitative estimate of drug-likeness (QED) is 0.469. The number of nitrogens with one attached hydrogen (secondary N) is 1. The lowest BCUT2D eigenvalue weighted by Gasteiger charge is -2.28. The minimum Gasteiger partial charge on any atom is -0.507 e. The number of hydrogen-bond donors (Lipinski definition) is 2. The maximum absolute atomic E-state index is 13.4. The van der Waals surface area contributed by atoms with E-state index in [1.807, 2.05) is 12.1 Å². The molecule has 0 spiro atoms. The minimum absolute atomic E-state index is 0.0912. The second-order valence-corrected chi connectivity index (χ2v) is 10.2. The van der Waals surface area contributed by atoms with Crippen LogP contribution in [-0.2, 0) is 11.3 Å². The molecule has 2 aliphatic rings. The van der Waals surface area contributed by atoms with Crippen molar-refractivity contribution >= 4 is 34.2 Å². The highest BCUT2D eigenvalue weighted by Crippen LogP contribution is 2.26. The normalized spacial score (nSPS) is 18.3. The molecule has 0 radical (unpaired) electrons. The topological polar surface area (TPSA) is 72.9 Å². The van der Waals surface area contributed by atoms with Gasteiger partial charge in [-0.05, 0) is 72.0 Å². The van der Waals surface area contributed by atoms with Gasteiger partial charge in [0.25, 0.3) is 5.91 Å². The molecule has 192 valence electrons. The molecule has 0 bridgehead atoms. The van der Waals surface area contributed by atoms with Crippen molar-refractivity contribution in [3.05, 3.63) is 88.2 Å². The summed E-state index contributed by atoms with van der Waals surface area (Å²) in [5, 5.41) is 15.5. The first-order valence-electron chi connectivity index (χ1n) is 12.5. The Morgan fingerprint density at radius 3 is 2.57 bits per heavy atom. The summed E-state index contributed by atoms with van der Waals surface area (Å²) in [6, 6.07) is 15.5. The third-order valence-corrected chi connectivity index (χ3v) is 7.35. The van der Waals surface area contributed by atoms with E-state index in [2.05, 4.69) is 16.3 Å². The Balaban J connectivity index is 1.10. The molecule has 0 saturated carbocycles. The van der Waals surface area contributed by atoms with Gasteiger partial charge in [-0.25, -0.2) is 4.39 Å². The second kappa shape index (κ2) is 10.9. The lowest BCUT2D eigenvalue weighted by molar-refractivity contribution is -0.117. The van der Waals surface area contributed by atoms with Crippen molar-refractivity contribution in [1.82, 2.24) is 15.1 Å². The zero-order valence-electron chi connectivity index (χ0n) is 20.4. The van der Waals surface area contributed by atoms with Crippen LogP contribution >= 0.6 is 11.6 Å². The Morgan fingerprint density at radius 2 is 1.78 bits per heavy atom. The van der Waals surface area contributed by atoms with Crippen molar-refractivity contribution in [2.24, 2.45) is 0 Å². The van der Waals surface area contributed by atoms with Crippen molar-refractivity contribution < 1.29 is 19.1 Å². The molecule has 2 N–H and O–H groups in total. The van der Waals surface area contributed by atoms with Gasteiger partial charge in [-0.15, -0.1) is 0 Å². The van der Waals surface area contributed by atoms with Crippen molar-refractivity contribution in [2.45, 2.75) is 31.8 Å². The molecule has 2 heterocycles. The first-order valence-corrected chi connectivity index (χ1v) is 12.9. The summed E-state index contributed by atoms with van der Waals surface area (Å²) >= 11 is 5.86. The number of phenolic OH excluding ortho intramolecular Hbond substituents is 1. The summed E-state index contributed by atoms with van der Waals surface area (Å²) in [5.74, 6) is -0.683. The van der Waals surface area contributed by atoms with Gasteiger partial charge in [0.1, 0.15) is 11.6 Å². The third-order valence-electron chi connectivity index (χ3n) is 7.11. The number of likely N-dealkylation sites (tertiary alicyclic amines) is 2. The predicted molar refractivity (Wildman–Crippen MR) is 142 cm³/mol. The second-order valence-electron chi connectivity index (χ2n) is 9.81. The largest absolute Gasteiger partial charge is 0.507 e. The lowest BCUT2D eigenvalue weighted by atomic mass is 10.0. The first-order chi connectivity index (χ1) is 17.8.